The average molecular weight is 246 g/mol. The lowest BCUT2D eigenvalue weighted by Gasteiger charge is -2.03. The molecule has 2 aromatic heterocycles. The third-order valence-corrected chi connectivity index (χ3v) is 3.55. The topological polar surface area (TPSA) is 43.6 Å². The van der Waals surface area contributed by atoms with Crippen molar-refractivity contribution in [2.75, 3.05) is 7.11 Å². The first-order valence-corrected chi connectivity index (χ1v) is 6.03. The molecule has 0 saturated carbocycles. The van der Waals surface area contributed by atoms with Crippen molar-refractivity contribution < 1.29 is 9.53 Å². The number of imidazole rings is 1. The summed E-state index contributed by atoms with van der Waals surface area (Å²) >= 11 is 1.57. The number of rotatable bonds is 1. The van der Waals surface area contributed by atoms with E-state index in [4.69, 9.17) is 4.74 Å². The predicted molar refractivity (Wildman–Crippen MR) is 66.7 cm³/mol. The number of benzene rings is 1. The number of ether oxygens (including phenoxy) is 1. The summed E-state index contributed by atoms with van der Waals surface area (Å²) in [5.74, 6) is -0.311. The van der Waals surface area contributed by atoms with Gasteiger partial charge in [0.15, 0.2) is 4.96 Å². The van der Waals surface area contributed by atoms with Gasteiger partial charge in [0.2, 0.25) is 0 Å². The largest absolute Gasteiger partial charge is 0.465 e. The van der Waals surface area contributed by atoms with Gasteiger partial charge in [-0.1, -0.05) is 0 Å². The van der Waals surface area contributed by atoms with Gasteiger partial charge in [0, 0.05) is 11.6 Å². The van der Waals surface area contributed by atoms with Crippen molar-refractivity contribution in [1.82, 2.24) is 9.38 Å². The number of carbonyl (C=O) groups excluding carboxylic acids is 1. The van der Waals surface area contributed by atoms with E-state index in [0.717, 1.165) is 21.6 Å². The number of thiazole rings is 1. The molecule has 0 atom stereocenters. The van der Waals surface area contributed by atoms with E-state index in [2.05, 4.69) is 4.98 Å². The average Bonchev–Trinajstić information content (AvgIpc) is 2.87. The fraction of sp³-hybridized carbons (Fsp3) is 0.167. The summed E-state index contributed by atoms with van der Waals surface area (Å²) in [6, 6.07) is 3.75. The van der Waals surface area contributed by atoms with Gasteiger partial charge >= 0.3 is 5.97 Å². The normalized spacial score (nSPS) is 11.2. The molecule has 2 heterocycles. The zero-order valence-electron chi connectivity index (χ0n) is 9.43. The molecule has 0 amide bonds. The van der Waals surface area contributed by atoms with Crippen molar-refractivity contribution in [3.63, 3.8) is 0 Å². The number of esters is 1. The smallest absolute Gasteiger partial charge is 0.338 e. The van der Waals surface area contributed by atoms with Gasteiger partial charge in [-0.2, -0.15) is 0 Å². The van der Waals surface area contributed by atoms with Crippen LogP contribution in [0.5, 0.6) is 0 Å². The molecular weight excluding hydrogens is 236 g/mol. The summed E-state index contributed by atoms with van der Waals surface area (Å²) in [5, 5.41) is 1.97. The molecule has 0 N–H and O–H groups in total. The van der Waals surface area contributed by atoms with Crippen LogP contribution in [-0.2, 0) is 4.74 Å². The Bertz CT molecular complexity index is 727. The van der Waals surface area contributed by atoms with Crippen LogP contribution >= 0.6 is 11.3 Å². The lowest BCUT2D eigenvalue weighted by atomic mass is 10.1. The molecule has 5 heteroatoms. The van der Waals surface area contributed by atoms with Crippen LogP contribution in [0.3, 0.4) is 0 Å². The molecule has 4 nitrogen and oxygen atoms in total. The second-order valence-electron chi connectivity index (χ2n) is 3.81. The molecule has 0 bridgehead atoms. The minimum Gasteiger partial charge on any atom is -0.465 e. The van der Waals surface area contributed by atoms with Crippen LogP contribution < -0.4 is 0 Å². The van der Waals surface area contributed by atoms with E-state index in [9.17, 15) is 4.79 Å². The zero-order valence-corrected chi connectivity index (χ0v) is 10.2. The van der Waals surface area contributed by atoms with Gasteiger partial charge in [0.1, 0.15) is 0 Å². The van der Waals surface area contributed by atoms with E-state index < -0.39 is 0 Å². The molecule has 0 spiro atoms. The number of aryl methyl sites for hydroxylation is 1. The number of carbonyl (C=O) groups is 1. The Hall–Kier alpha value is -1.88. The van der Waals surface area contributed by atoms with Crippen LogP contribution in [0.1, 0.15) is 15.9 Å². The van der Waals surface area contributed by atoms with Gasteiger partial charge in [-0.15, -0.1) is 11.3 Å². The summed E-state index contributed by atoms with van der Waals surface area (Å²) in [6.45, 7) is 1.89. The first-order valence-electron chi connectivity index (χ1n) is 5.15. The summed E-state index contributed by atoms with van der Waals surface area (Å²) in [6.07, 6.45) is 1.95. The van der Waals surface area contributed by atoms with E-state index in [0.29, 0.717) is 5.56 Å². The number of hydrogen-bond donors (Lipinski definition) is 0. The van der Waals surface area contributed by atoms with Crippen LogP contribution in [0.15, 0.2) is 23.7 Å². The van der Waals surface area contributed by atoms with Gasteiger partial charge in [-0.25, -0.2) is 9.78 Å². The maximum atomic E-state index is 11.6. The fourth-order valence-corrected chi connectivity index (χ4v) is 2.66. The summed E-state index contributed by atoms with van der Waals surface area (Å²) < 4.78 is 6.75. The number of nitrogens with zero attached hydrogens (tertiary/aromatic N) is 2. The number of fused-ring (bicyclic) bond motifs is 3. The quantitative estimate of drug-likeness (QED) is 0.620. The standard InChI is InChI=1S/C12H10N2O2S/c1-7-5-9-10(6-8(7)11(15)16-2)14-3-4-17-12(14)13-9/h3-6H,1-2H3. The minimum absolute atomic E-state index is 0.311. The Morgan fingerprint density at radius 2 is 2.29 bits per heavy atom. The fourth-order valence-electron chi connectivity index (χ4n) is 1.93. The van der Waals surface area contributed by atoms with Gasteiger partial charge in [0.05, 0.1) is 23.7 Å². The molecule has 0 radical (unpaired) electrons. The summed E-state index contributed by atoms with van der Waals surface area (Å²) in [5.41, 5.74) is 3.32. The van der Waals surface area contributed by atoms with Crippen LogP contribution in [0.4, 0.5) is 0 Å². The number of aromatic nitrogens is 2. The highest BCUT2D eigenvalue weighted by molar-refractivity contribution is 7.15. The molecule has 3 rings (SSSR count). The lowest BCUT2D eigenvalue weighted by Crippen LogP contribution is -2.03. The monoisotopic (exact) mass is 246 g/mol. The summed E-state index contributed by atoms with van der Waals surface area (Å²) in [7, 11) is 1.39. The van der Waals surface area contributed by atoms with Crippen molar-refractivity contribution in [1.29, 1.82) is 0 Å². The van der Waals surface area contributed by atoms with E-state index >= 15 is 0 Å². The number of hydrogen-bond acceptors (Lipinski definition) is 4. The third-order valence-electron chi connectivity index (χ3n) is 2.79. The molecule has 0 fully saturated rings. The molecule has 0 saturated heterocycles. The Balaban J connectivity index is 2.37. The molecule has 0 unspecified atom stereocenters. The second-order valence-corrected chi connectivity index (χ2v) is 4.69. The first kappa shape index (κ1) is 10.3. The molecule has 0 aliphatic rings. The molecule has 3 aromatic rings. The van der Waals surface area contributed by atoms with Gasteiger partial charge < -0.3 is 4.74 Å². The summed E-state index contributed by atoms with van der Waals surface area (Å²) in [4.78, 5) is 17.0. The van der Waals surface area contributed by atoms with Crippen molar-refractivity contribution in [3.8, 4) is 0 Å². The van der Waals surface area contributed by atoms with Crippen molar-refractivity contribution in [3.05, 3.63) is 34.8 Å². The lowest BCUT2D eigenvalue weighted by molar-refractivity contribution is 0.0600. The van der Waals surface area contributed by atoms with Crippen molar-refractivity contribution in [2.45, 2.75) is 6.92 Å². The molecule has 1 aromatic carbocycles. The highest BCUT2D eigenvalue weighted by Crippen LogP contribution is 2.23. The Morgan fingerprint density at radius 1 is 1.47 bits per heavy atom. The maximum Gasteiger partial charge on any atom is 0.338 e. The van der Waals surface area contributed by atoms with E-state index in [1.165, 1.54) is 7.11 Å². The van der Waals surface area contributed by atoms with Crippen molar-refractivity contribution >= 4 is 33.3 Å². The number of methoxy groups -OCH3 is 1. The van der Waals surface area contributed by atoms with E-state index in [-0.39, 0.29) is 5.97 Å². The molecule has 0 aliphatic heterocycles. The zero-order chi connectivity index (χ0) is 12.0. The first-order chi connectivity index (χ1) is 8.20. The highest BCUT2D eigenvalue weighted by Gasteiger charge is 2.13. The van der Waals surface area contributed by atoms with Crippen LogP contribution in [0.25, 0.3) is 16.0 Å². The predicted octanol–water partition coefficient (Wildman–Crippen LogP) is 2.64. The van der Waals surface area contributed by atoms with Gasteiger partial charge in [0.25, 0.3) is 0 Å². The van der Waals surface area contributed by atoms with E-state index in [1.54, 1.807) is 11.3 Å². The maximum absolute atomic E-state index is 11.6. The molecule has 86 valence electrons. The van der Waals surface area contributed by atoms with Gasteiger partial charge in [-0.3, -0.25) is 4.40 Å². The van der Waals surface area contributed by atoms with Gasteiger partial charge in [-0.05, 0) is 24.6 Å². The molecule has 0 aliphatic carbocycles. The third kappa shape index (κ3) is 1.43. The Morgan fingerprint density at radius 3 is 3.06 bits per heavy atom. The molecule has 17 heavy (non-hydrogen) atoms. The Labute approximate surface area is 101 Å². The SMILES string of the molecule is COC(=O)c1cc2c(cc1C)nc1sccn12. The second kappa shape index (κ2) is 3.56. The van der Waals surface area contributed by atoms with Crippen LogP contribution in [0.2, 0.25) is 0 Å². The van der Waals surface area contributed by atoms with E-state index in [1.807, 2.05) is 35.0 Å². The molecular formula is C12H10N2O2S. The highest BCUT2D eigenvalue weighted by atomic mass is 32.1. The van der Waals surface area contributed by atoms with Crippen molar-refractivity contribution in [2.24, 2.45) is 0 Å². The van der Waals surface area contributed by atoms with Crippen LogP contribution in [-0.4, -0.2) is 22.5 Å². The Kier molecular flexibility index (Phi) is 2.16. The van der Waals surface area contributed by atoms with Crippen LogP contribution in [0, 0.1) is 6.92 Å². The minimum atomic E-state index is -0.311.